The number of fused-ring (bicyclic) bond motifs is 1. The molecule has 108 valence electrons. The van der Waals surface area contributed by atoms with E-state index in [2.05, 4.69) is 67.1 Å². The van der Waals surface area contributed by atoms with Gasteiger partial charge < -0.3 is 5.32 Å². The molecule has 6 heteroatoms. The van der Waals surface area contributed by atoms with E-state index in [1.807, 2.05) is 30.3 Å². The Bertz CT molecular complexity index is 841. The van der Waals surface area contributed by atoms with Gasteiger partial charge in [-0.15, -0.1) is 0 Å². The van der Waals surface area contributed by atoms with Gasteiger partial charge in [-0.2, -0.15) is 4.68 Å². The SMILES string of the molecule is Brc1cccc(C2=C[C@H](c3ccccc3)n3nnnc3N2)c1. The van der Waals surface area contributed by atoms with Gasteiger partial charge in [0.05, 0.1) is 0 Å². The van der Waals surface area contributed by atoms with Gasteiger partial charge in [0.25, 0.3) is 0 Å². The molecule has 2 heterocycles. The zero-order chi connectivity index (χ0) is 14.9. The molecule has 0 aliphatic carbocycles. The minimum atomic E-state index is -0.0265. The van der Waals surface area contributed by atoms with Gasteiger partial charge in [0.1, 0.15) is 6.04 Å². The molecule has 5 nitrogen and oxygen atoms in total. The number of rotatable bonds is 2. The van der Waals surface area contributed by atoms with Crippen molar-refractivity contribution in [1.29, 1.82) is 0 Å². The van der Waals surface area contributed by atoms with Gasteiger partial charge in [0, 0.05) is 10.2 Å². The number of aromatic nitrogens is 4. The Morgan fingerprint density at radius 1 is 1.05 bits per heavy atom. The highest BCUT2D eigenvalue weighted by atomic mass is 79.9. The van der Waals surface area contributed by atoms with Crippen molar-refractivity contribution in [1.82, 2.24) is 20.2 Å². The Labute approximate surface area is 135 Å². The standard InChI is InChI=1S/C16H12BrN5/c17-13-8-4-7-12(9-13)14-10-15(11-5-2-1-3-6-11)22-16(18-14)19-20-21-22/h1-10,15H,(H,18,19,21)/t15-/m1/s1. The lowest BCUT2D eigenvalue weighted by molar-refractivity contribution is 0.586. The third-order valence-electron chi connectivity index (χ3n) is 3.60. The van der Waals surface area contributed by atoms with Crippen molar-refractivity contribution in [3.05, 3.63) is 76.3 Å². The van der Waals surface area contributed by atoms with Crippen molar-refractivity contribution in [2.45, 2.75) is 6.04 Å². The second-order valence-corrected chi connectivity index (χ2v) is 5.93. The van der Waals surface area contributed by atoms with Crippen LogP contribution in [0.3, 0.4) is 0 Å². The number of anilines is 1. The minimum absolute atomic E-state index is 0.0265. The number of nitrogens with one attached hydrogen (secondary N) is 1. The molecule has 0 saturated carbocycles. The Morgan fingerprint density at radius 2 is 1.91 bits per heavy atom. The molecule has 0 fully saturated rings. The highest BCUT2D eigenvalue weighted by Gasteiger charge is 2.24. The van der Waals surface area contributed by atoms with E-state index < -0.39 is 0 Å². The first-order valence-corrected chi connectivity index (χ1v) is 7.68. The number of hydrogen-bond acceptors (Lipinski definition) is 4. The zero-order valence-electron chi connectivity index (χ0n) is 11.5. The molecular weight excluding hydrogens is 342 g/mol. The maximum absolute atomic E-state index is 4.10. The summed E-state index contributed by atoms with van der Waals surface area (Å²) < 4.78 is 2.82. The molecule has 1 aromatic heterocycles. The maximum atomic E-state index is 4.10. The van der Waals surface area contributed by atoms with E-state index in [0.717, 1.165) is 21.3 Å². The van der Waals surface area contributed by atoms with Gasteiger partial charge in [0.2, 0.25) is 5.95 Å². The average Bonchev–Trinajstić information content (AvgIpc) is 3.03. The summed E-state index contributed by atoms with van der Waals surface area (Å²) in [6.45, 7) is 0. The molecular formula is C16H12BrN5. The van der Waals surface area contributed by atoms with Gasteiger partial charge in [-0.1, -0.05) is 63.5 Å². The molecule has 3 aromatic rings. The molecule has 0 saturated heterocycles. The van der Waals surface area contributed by atoms with Crippen LogP contribution in [-0.4, -0.2) is 20.2 Å². The van der Waals surface area contributed by atoms with Gasteiger partial charge in [-0.05, 0) is 39.8 Å². The summed E-state index contributed by atoms with van der Waals surface area (Å²) in [5, 5.41) is 15.2. The molecule has 2 aromatic carbocycles. The van der Waals surface area contributed by atoms with E-state index in [4.69, 9.17) is 0 Å². The average molecular weight is 354 g/mol. The third kappa shape index (κ3) is 2.31. The molecule has 22 heavy (non-hydrogen) atoms. The van der Waals surface area contributed by atoms with E-state index >= 15 is 0 Å². The van der Waals surface area contributed by atoms with Gasteiger partial charge in [0.15, 0.2) is 0 Å². The highest BCUT2D eigenvalue weighted by molar-refractivity contribution is 9.10. The fraction of sp³-hybridized carbons (Fsp3) is 0.0625. The normalized spacial score (nSPS) is 16.6. The molecule has 0 amide bonds. The summed E-state index contributed by atoms with van der Waals surface area (Å²) >= 11 is 3.51. The van der Waals surface area contributed by atoms with E-state index in [1.54, 1.807) is 4.68 Å². The monoisotopic (exact) mass is 353 g/mol. The summed E-state index contributed by atoms with van der Waals surface area (Å²) in [5.74, 6) is 0.645. The molecule has 0 radical (unpaired) electrons. The second-order valence-electron chi connectivity index (χ2n) is 5.02. The number of hydrogen-bond donors (Lipinski definition) is 1. The highest BCUT2D eigenvalue weighted by Crippen LogP contribution is 2.31. The van der Waals surface area contributed by atoms with Crippen molar-refractivity contribution in [2.75, 3.05) is 5.32 Å². The van der Waals surface area contributed by atoms with E-state index in [9.17, 15) is 0 Å². The smallest absolute Gasteiger partial charge is 0.248 e. The summed E-state index contributed by atoms with van der Waals surface area (Å²) in [6, 6.07) is 18.3. The largest absolute Gasteiger partial charge is 0.323 e. The maximum Gasteiger partial charge on any atom is 0.248 e. The number of benzene rings is 2. The molecule has 1 atom stereocenters. The first-order chi connectivity index (χ1) is 10.8. The van der Waals surface area contributed by atoms with Crippen LogP contribution >= 0.6 is 15.9 Å². The first-order valence-electron chi connectivity index (χ1n) is 6.89. The molecule has 1 aliphatic rings. The van der Waals surface area contributed by atoms with E-state index in [-0.39, 0.29) is 6.04 Å². The van der Waals surface area contributed by atoms with Crippen LogP contribution < -0.4 is 5.32 Å². The number of nitrogens with zero attached hydrogens (tertiary/aromatic N) is 4. The Morgan fingerprint density at radius 3 is 2.73 bits per heavy atom. The van der Waals surface area contributed by atoms with Gasteiger partial charge in [-0.3, -0.25) is 0 Å². The van der Waals surface area contributed by atoms with Crippen LogP contribution in [0.4, 0.5) is 5.95 Å². The van der Waals surface area contributed by atoms with Crippen LogP contribution in [0.5, 0.6) is 0 Å². The number of halogens is 1. The van der Waals surface area contributed by atoms with Crippen molar-refractivity contribution in [3.63, 3.8) is 0 Å². The number of allylic oxidation sites excluding steroid dienone is 1. The summed E-state index contributed by atoms with van der Waals surface area (Å²) in [6.07, 6.45) is 2.14. The molecule has 1 N–H and O–H groups in total. The minimum Gasteiger partial charge on any atom is -0.323 e. The zero-order valence-corrected chi connectivity index (χ0v) is 13.1. The lowest BCUT2D eigenvalue weighted by atomic mass is 10.0. The second kappa shape index (κ2) is 5.38. The van der Waals surface area contributed by atoms with Crippen molar-refractivity contribution in [3.8, 4) is 0 Å². The lowest BCUT2D eigenvalue weighted by Crippen LogP contribution is -2.20. The fourth-order valence-electron chi connectivity index (χ4n) is 2.57. The molecule has 0 unspecified atom stereocenters. The lowest BCUT2D eigenvalue weighted by Gasteiger charge is -2.23. The summed E-state index contributed by atoms with van der Waals surface area (Å²) in [4.78, 5) is 0. The Balaban J connectivity index is 1.83. The molecule has 4 rings (SSSR count). The quantitative estimate of drug-likeness (QED) is 0.766. The van der Waals surface area contributed by atoms with Crippen LogP contribution in [-0.2, 0) is 0 Å². The molecule has 0 spiro atoms. The summed E-state index contributed by atoms with van der Waals surface area (Å²) in [5.41, 5.74) is 3.23. The Hall–Kier alpha value is -2.47. The third-order valence-corrected chi connectivity index (χ3v) is 4.10. The van der Waals surface area contributed by atoms with Gasteiger partial charge in [-0.25, -0.2) is 0 Å². The van der Waals surface area contributed by atoms with Crippen molar-refractivity contribution < 1.29 is 0 Å². The van der Waals surface area contributed by atoms with Crippen molar-refractivity contribution >= 4 is 27.6 Å². The predicted molar refractivity (Wildman–Crippen MR) is 88.1 cm³/mol. The topological polar surface area (TPSA) is 55.6 Å². The first kappa shape index (κ1) is 13.2. The van der Waals surface area contributed by atoms with Crippen LogP contribution in [0.25, 0.3) is 5.70 Å². The van der Waals surface area contributed by atoms with E-state index in [0.29, 0.717) is 5.95 Å². The predicted octanol–water partition coefficient (Wildman–Crippen LogP) is 3.49. The van der Waals surface area contributed by atoms with E-state index in [1.165, 1.54) is 0 Å². The van der Waals surface area contributed by atoms with Crippen LogP contribution in [0, 0.1) is 0 Å². The van der Waals surface area contributed by atoms with Crippen LogP contribution in [0.2, 0.25) is 0 Å². The fourth-order valence-corrected chi connectivity index (χ4v) is 2.97. The van der Waals surface area contributed by atoms with Gasteiger partial charge >= 0.3 is 0 Å². The molecule has 0 bridgehead atoms. The Kier molecular flexibility index (Phi) is 3.23. The van der Waals surface area contributed by atoms with Crippen molar-refractivity contribution in [2.24, 2.45) is 0 Å². The van der Waals surface area contributed by atoms with Crippen LogP contribution in [0.1, 0.15) is 17.2 Å². The van der Waals surface area contributed by atoms with Crippen LogP contribution in [0.15, 0.2) is 65.1 Å². The molecule has 1 aliphatic heterocycles. The number of tetrazole rings is 1. The summed E-state index contributed by atoms with van der Waals surface area (Å²) in [7, 11) is 0.